The summed E-state index contributed by atoms with van der Waals surface area (Å²) in [6.45, 7) is 7.56. The molecule has 4 heterocycles. The molecule has 3 aromatic rings. The summed E-state index contributed by atoms with van der Waals surface area (Å²) in [4.78, 5) is 12.6. The molecule has 4 unspecified atom stereocenters. The van der Waals surface area contributed by atoms with Crippen LogP contribution in [0.25, 0.3) is 10.8 Å². The summed E-state index contributed by atoms with van der Waals surface area (Å²) in [5.74, 6) is 4.76. The maximum atomic E-state index is 10.6. The Morgan fingerprint density at radius 1 is 1.19 bits per heavy atom. The van der Waals surface area contributed by atoms with Crippen molar-refractivity contribution in [3.8, 4) is 24.1 Å². The van der Waals surface area contributed by atoms with E-state index in [4.69, 9.17) is 25.9 Å². The zero-order chi connectivity index (χ0) is 29.6. The Labute approximate surface area is 255 Å². The molecular weight excluding hydrogens is 536 g/mol. The number of phenols is 1. The fourth-order valence-corrected chi connectivity index (χ4v) is 7.82. The number of aromatic nitrogens is 2. The molecule has 226 valence electrons. The zero-order valence-electron chi connectivity index (χ0n) is 25.6. The summed E-state index contributed by atoms with van der Waals surface area (Å²) in [7, 11) is 0. The van der Waals surface area contributed by atoms with Crippen LogP contribution >= 0.6 is 0 Å². The Morgan fingerprint density at radius 3 is 2.72 bits per heavy atom. The highest BCUT2D eigenvalue weighted by molar-refractivity contribution is 5.92. The van der Waals surface area contributed by atoms with E-state index in [-0.39, 0.29) is 17.3 Å². The molecule has 7 heteroatoms. The van der Waals surface area contributed by atoms with Crippen molar-refractivity contribution in [2.75, 3.05) is 24.6 Å². The third kappa shape index (κ3) is 5.68. The van der Waals surface area contributed by atoms with Crippen molar-refractivity contribution < 1.29 is 14.6 Å². The lowest BCUT2D eigenvalue weighted by molar-refractivity contribution is 0.0263. The molecule has 0 spiro atoms. The fourth-order valence-electron chi connectivity index (χ4n) is 7.82. The third-order valence-corrected chi connectivity index (χ3v) is 10.3. The average Bonchev–Trinajstić information content (AvgIpc) is 3.71. The molecule has 7 nitrogen and oxygen atoms in total. The molecule has 4 aliphatic rings. The van der Waals surface area contributed by atoms with Crippen LogP contribution in [0.2, 0.25) is 0 Å². The number of ether oxygens (including phenoxy) is 2. The summed E-state index contributed by atoms with van der Waals surface area (Å²) >= 11 is 0. The summed E-state index contributed by atoms with van der Waals surface area (Å²) in [6.07, 6.45) is 16.0. The van der Waals surface area contributed by atoms with Gasteiger partial charge in [-0.25, -0.2) is 0 Å². The van der Waals surface area contributed by atoms with Crippen LogP contribution in [-0.4, -0.2) is 46.9 Å². The molecule has 2 N–H and O–H groups in total. The van der Waals surface area contributed by atoms with Crippen LogP contribution in [0.1, 0.15) is 93.7 Å². The number of nitrogens with zero attached hydrogens (tertiary/aromatic N) is 3. The van der Waals surface area contributed by atoms with Crippen LogP contribution in [0, 0.1) is 23.7 Å². The first-order chi connectivity index (χ1) is 21.0. The van der Waals surface area contributed by atoms with Crippen molar-refractivity contribution in [2.24, 2.45) is 11.3 Å². The van der Waals surface area contributed by atoms with Gasteiger partial charge in [0, 0.05) is 53.5 Å². The van der Waals surface area contributed by atoms with Crippen molar-refractivity contribution >= 4 is 16.6 Å². The van der Waals surface area contributed by atoms with Gasteiger partial charge in [0.15, 0.2) is 0 Å². The van der Waals surface area contributed by atoms with Gasteiger partial charge < -0.3 is 24.8 Å². The fraction of sp³-hybridized carbons (Fsp3) is 0.556. The van der Waals surface area contributed by atoms with Crippen molar-refractivity contribution in [1.82, 2.24) is 15.3 Å². The molecule has 2 saturated heterocycles. The Balaban J connectivity index is 1.21. The predicted molar refractivity (Wildman–Crippen MR) is 169 cm³/mol. The third-order valence-electron chi connectivity index (χ3n) is 10.3. The first-order valence-electron chi connectivity index (χ1n) is 16.3. The van der Waals surface area contributed by atoms with Crippen LogP contribution in [0.4, 0.5) is 5.82 Å². The Bertz CT molecular complexity index is 1530. The normalized spacial score (nSPS) is 24.4. The minimum absolute atomic E-state index is 0.206. The standard InChI is InChI=1S/C36H44N4O3/c1-4-8-23(5-2)18-36(13-14-36)22-43-35-38-31-17-32(29-16-28(41)15-25-10-7-9-24(6-3)33(25)29)42-21-30(31)34(39-35)40-19-26-11-12-27(20-40)37-26/h3,7,9-10,15-16,23,26-27,32,37,41H,4-5,8,11-14,17-22H2,1-2H3. The van der Waals surface area contributed by atoms with E-state index in [1.165, 1.54) is 51.4 Å². The number of rotatable bonds is 10. The van der Waals surface area contributed by atoms with E-state index in [1.807, 2.05) is 18.2 Å². The second-order valence-corrected chi connectivity index (χ2v) is 13.4. The zero-order valence-corrected chi connectivity index (χ0v) is 25.6. The molecule has 43 heavy (non-hydrogen) atoms. The summed E-state index contributed by atoms with van der Waals surface area (Å²) in [6, 6.07) is 10.9. The SMILES string of the molecule is C#Cc1cccc2cc(O)cc(C3Cc4nc(OCC5(CC(CC)CCC)CC5)nc(N5CC6CCC(C5)N6)c4CO3)c12. The van der Waals surface area contributed by atoms with E-state index >= 15 is 0 Å². The number of piperazine rings is 1. The monoisotopic (exact) mass is 580 g/mol. The minimum atomic E-state index is -0.291. The van der Waals surface area contributed by atoms with Gasteiger partial charge in [0.1, 0.15) is 11.6 Å². The minimum Gasteiger partial charge on any atom is -0.508 e. The molecule has 2 bridgehead atoms. The molecule has 3 aliphatic heterocycles. The Hall–Kier alpha value is -3.34. The highest BCUT2D eigenvalue weighted by Crippen LogP contribution is 2.52. The number of benzene rings is 2. The van der Waals surface area contributed by atoms with Crippen LogP contribution in [-0.2, 0) is 17.8 Å². The largest absolute Gasteiger partial charge is 0.508 e. The average molecular weight is 581 g/mol. The van der Waals surface area contributed by atoms with Gasteiger partial charge in [-0.2, -0.15) is 9.97 Å². The second kappa shape index (κ2) is 11.6. The molecule has 2 aromatic carbocycles. The quantitative estimate of drug-likeness (QED) is 0.267. The lowest BCUT2D eigenvalue weighted by Crippen LogP contribution is -2.51. The van der Waals surface area contributed by atoms with Crippen LogP contribution < -0.4 is 15.0 Å². The van der Waals surface area contributed by atoms with Crippen LogP contribution in [0.15, 0.2) is 30.3 Å². The van der Waals surface area contributed by atoms with Gasteiger partial charge in [0.2, 0.25) is 0 Å². The summed E-state index contributed by atoms with van der Waals surface area (Å²) in [5, 5.41) is 16.2. The lowest BCUT2D eigenvalue weighted by Gasteiger charge is -2.36. The summed E-state index contributed by atoms with van der Waals surface area (Å²) in [5.41, 5.74) is 3.99. The Kier molecular flexibility index (Phi) is 7.69. The topological polar surface area (TPSA) is 79.7 Å². The van der Waals surface area contributed by atoms with E-state index in [1.54, 1.807) is 12.1 Å². The molecule has 3 fully saturated rings. The number of anilines is 1. The van der Waals surface area contributed by atoms with Gasteiger partial charge in [0.05, 0.1) is 25.0 Å². The molecule has 1 saturated carbocycles. The molecule has 4 atom stereocenters. The molecule has 0 amide bonds. The van der Waals surface area contributed by atoms with Gasteiger partial charge >= 0.3 is 6.01 Å². The molecule has 1 aliphatic carbocycles. The highest BCUT2D eigenvalue weighted by atomic mass is 16.5. The van der Waals surface area contributed by atoms with E-state index in [0.717, 1.165) is 58.0 Å². The molecule has 0 radical (unpaired) electrons. The van der Waals surface area contributed by atoms with Gasteiger partial charge in [-0.05, 0) is 67.2 Å². The van der Waals surface area contributed by atoms with Gasteiger partial charge in [0.25, 0.3) is 0 Å². The van der Waals surface area contributed by atoms with E-state index < -0.39 is 0 Å². The number of fused-ring (bicyclic) bond motifs is 4. The van der Waals surface area contributed by atoms with Crippen molar-refractivity contribution in [3.63, 3.8) is 0 Å². The van der Waals surface area contributed by atoms with Crippen molar-refractivity contribution in [3.05, 3.63) is 52.7 Å². The lowest BCUT2D eigenvalue weighted by atomic mass is 9.87. The maximum absolute atomic E-state index is 10.6. The molecular formula is C36H44N4O3. The van der Waals surface area contributed by atoms with Gasteiger partial charge in [-0.3, -0.25) is 0 Å². The number of hydrogen-bond donors (Lipinski definition) is 2. The first kappa shape index (κ1) is 28.4. The molecule has 7 rings (SSSR count). The van der Waals surface area contributed by atoms with Crippen molar-refractivity contribution in [2.45, 2.75) is 96.4 Å². The van der Waals surface area contributed by atoms with E-state index in [9.17, 15) is 5.11 Å². The van der Waals surface area contributed by atoms with E-state index in [2.05, 4.69) is 30.0 Å². The number of phenolic OH excluding ortho intramolecular Hbond substituents is 1. The maximum Gasteiger partial charge on any atom is 0.318 e. The van der Waals surface area contributed by atoms with Crippen LogP contribution in [0.5, 0.6) is 11.8 Å². The van der Waals surface area contributed by atoms with Gasteiger partial charge in [-0.1, -0.05) is 51.2 Å². The highest BCUT2D eigenvalue weighted by Gasteiger charge is 2.45. The smallest absolute Gasteiger partial charge is 0.318 e. The van der Waals surface area contributed by atoms with Gasteiger partial charge in [-0.15, -0.1) is 6.42 Å². The number of terminal acetylenes is 1. The number of nitrogens with one attached hydrogen (secondary N) is 1. The summed E-state index contributed by atoms with van der Waals surface area (Å²) < 4.78 is 13.1. The van der Waals surface area contributed by atoms with Crippen LogP contribution in [0.3, 0.4) is 0 Å². The number of aromatic hydroxyl groups is 1. The van der Waals surface area contributed by atoms with E-state index in [0.29, 0.717) is 37.7 Å². The Morgan fingerprint density at radius 2 is 2.00 bits per heavy atom. The number of hydrogen-bond acceptors (Lipinski definition) is 7. The van der Waals surface area contributed by atoms with Crippen molar-refractivity contribution in [1.29, 1.82) is 0 Å². The second-order valence-electron chi connectivity index (χ2n) is 13.4. The predicted octanol–water partition coefficient (Wildman–Crippen LogP) is 6.45. The first-order valence-corrected chi connectivity index (χ1v) is 16.3. The molecule has 1 aromatic heterocycles.